The van der Waals surface area contributed by atoms with E-state index in [4.69, 9.17) is 18.6 Å². The van der Waals surface area contributed by atoms with E-state index in [0.717, 1.165) is 13.4 Å². The van der Waals surface area contributed by atoms with E-state index in [1.54, 1.807) is 13.0 Å². The first-order valence-electron chi connectivity index (χ1n) is 7.76. The molecule has 0 radical (unpaired) electrons. The molecule has 0 spiro atoms. The lowest BCUT2D eigenvalue weighted by atomic mass is 9.97. The Morgan fingerprint density at radius 2 is 1.81 bits per heavy atom. The molecule has 27 heavy (non-hydrogen) atoms. The molecule has 0 unspecified atom stereocenters. The minimum Gasteiger partial charge on any atom is -0.502 e. The second-order valence-corrected chi connectivity index (χ2v) is 5.26. The molecule has 0 amide bonds. The second kappa shape index (κ2) is 8.22. The summed E-state index contributed by atoms with van der Waals surface area (Å²) >= 11 is 0. The summed E-state index contributed by atoms with van der Waals surface area (Å²) in [5.74, 6) is -2.25. The molecule has 0 fully saturated rings. The summed E-state index contributed by atoms with van der Waals surface area (Å²) in [5, 5.41) is 9.99. The van der Waals surface area contributed by atoms with E-state index in [-0.39, 0.29) is 28.4 Å². The van der Waals surface area contributed by atoms with Crippen LogP contribution in [0, 0.1) is 0 Å². The molecular weight excluding hydrogens is 356 g/mol. The van der Waals surface area contributed by atoms with Gasteiger partial charge in [-0.25, -0.2) is 4.79 Å². The standard InChI is InChI=1S/C19H18O8/c1-5-6-13-18(22)17(21)12(9-27-13)16(20)15-11(19(23)26-4)7-10(24-2)8-14(15)25-3/h5-9,22H,1-4H3/b6-5+. The zero-order valence-electron chi connectivity index (χ0n) is 15.2. The molecule has 0 atom stereocenters. The number of carbonyl (C=O) groups is 2. The van der Waals surface area contributed by atoms with Crippen LogP contribution in [0.15, 0.2) is 33.7 Å². The highest BCUT2D eigenvalue weighted by atomic mass is 16.5. The normalized spacial score (nSPS) is 10.7. The molecule has 0 aliphatic heterocycles. The average molecular weight is 374 g/mol. The second-order valence-electron chi connectivity index (χ2n) is 5.26. The molecule has 1 heterocycles. The number of hydrogen-bond donors (Lipinski definition) is 1. The quantitative estimate of drug-likeness (QED) is 0.606. The van der Waals surface area contributed by atoms with E-state index < -0.39 is 28.5 Å². The van der Waals surface area contributed by atoms with E-state index in [1.807, 2.05) is 0 Å². The van der Waals surface area contributed by atoms with Gasteiger partial charge in [0.25, 0.3) is 0 Å². The van der Waals surface area contributed by atoms with Crippen LogP contribution < -0.4 is 14.9 Å². The number of aromatic hydroxyl groups is 1. The van der Waals surface area contributed by atoms with Crippen LogP contribution in [0.2, 0.25) is 0 Å². The van der Waals surface area contributed by atoms with Crippen molar-refractivity contribution in [2.75, 3.05) is 21.3 Å². The summed E-state index contributed by atoms with van der Waals surface area (Å²) in [4.78, 5) is 37.5. The molecular formula is C19H18O8. The Morgan fingerprint density at radius 1 is 1.11 bits per heavy atom. The summed E-state index contributed by atoms with van der Waals surface area (Å²) < 4.78 is 20.1. The first-order valence-corrected chi connectivity index (χ1v) is 7.76. The Morgan fingerprint density at radius 3 is 2.37 bits per heavy atom. The summed E-state index contributed by atoms with van der Waals surface area (Å²) in [7, 11) is 3.82. The number of benzene rings is 1. The van der Waals surface area contributed by atoms with Gasteiger partial charge in [-0.1, -0.05) is 6.08 Å². The highest BCUT2D eigenvalue weighted by Gasteiger charge is 2.28. The van der Waals surface area contributed by atoms with Crippen molar-refractivity contribution in [2.45, 2.75) is 6.92 Å². The van der Waals surface area contributed by atoms with Gasteiger partial charge >= 0.3 is 5.97 Å². The Hall–Kier alpha value is -3.55. The Kier molecular flexibility index (Phi) is 6.02. The van der Waals surface area contributed by atoms with E-state index in [2.05, 4.69) is 0 Å². The molecule has 8 nitrogen and oxygen atoms in total. The fourth-order valence-electron chi connectivity index (χ4n) is 2.41. The molecule has 2 rings (SSSR count). The third-order valence-corrected chi connectivity index (χ3v) is 3.72. The minimum absolute atomic E-state index is 0.00355. The van der Waals surface area contributed by atoms with E-state index in [9.17, 15) is 19.5 Å². The van der Waals surface area contributed by atoms with Gasteiger partial charge in [0, 0.05) is 6.07 Å². The van der Waals surface area contributed by atoms with Gasteiger partial charge < -0.3 is 23.7 Å². The van der Waals surface area contributed by atoms with Gasteiger partial charge in [-0.15, -0.1) is 0 Å². The van der Waals surface area contributed by atoms with Crippen molar-refractivity contribution in [1.82, 2.24) is 0 Å². The first kappa shape index (κ1) is 19.8. The topological polar surface area (TPSA) is 112 Å². The maximum atomic E-state index is 13.0. The number of ketones is 1. The molecule has 142 valence electrons. The predicted molar refractivity (Wildman–Crippen MR) is 95.7 cm³/mol. The summed E-state index contributed by atoms with van der Waals surface area (Å²) in [5.41, 5.74) is -1.77. The highest BCUT2D eigenvalue weighted by molar-refractivity contribution is 6.16. The fourth-order valence-corrected chi connectivity index (χ4v) is 2.41. The van der Waals surface area contributed by atoms with Crippen molar-refractivity contribution in [3.05, 3.63) is 57.1 Å². The number of hydrogen-bond acceptors (Lipinski definition) is 8. The van der Waals surface area contributed by atoms with Gasteiger partial charge in [-0.3, -0.25) is 9.59 Å². The van der Waals surface area contributed by atoms with Gasteiger partial charge in [0.2, 0.25) is 17.0 Å². The van der Waals surface area contributed by atoms with Crippen LogP contribution in [0.25, 0.3) is 6.08 Å². The van der Waals surface area contributed by atoms with E-state index in [0.29, 0.717) is 0 Å². The Labute approximate surface area is 154 Å². The van der Waals surface area contributed by atoms with E-state index >= 15 is 0 Å². The summed E-state index contributed by atoms with van der Waals surface area (Å²) in [6.45, 7) is 1.67. The predicted octanol–water partition coefficient (Wildman–Crippen LogP) is 2.41. The lowest BCUT2D eigenvalue weighted by Crippen LogP contribution is -2.20. The maximum Gasteiger partial charge on any atom is 0.338 e. The van der Waals surface area contributed by atoms with Gasteiger partial charge in [0.1, 0.15) is 23.3 Å². The zero-order chi connectivity index (χ0) is 20.1. The lowest BCUT2D eigenvalue weighted by molar-refractivity contribution is 0.0596. The zero-order valence-corrected chi connectivity index (χ0v) is 15.2. The molecule has 0 saturated carbocycles. The summed E-state index contributed by atoms with van der Waals surface area (Å²) in [6.07, 6.45) is 3.85. The molecule has 1 N–H and O–H groups in total. The summed E-state index contributed by atoms with van der Waals surface area (Å²) in [6, 6.07) is 2.67. The van der Waals surface area contributed by atoms with Gasteiger partial charge in [-0.05, 0) is 19.1 Å². The third kappa shape index (κ3) is 3.69. The van der Waals surface area contributed by atoms with Crippen molar-refractivity contribution in [2.24, 2.45) is 0 Å². The molecule has 0 aliphatic rings. The molecule has 2 aromatic rings. The number of methoxy groups -OCH3 is 3. The minimum atomic E-state index is -0.937. The third-order valence-electron chi connectivity index (χ3n) is 3.72. The van der Waals surface area contributed by atoms with Crippen LogP contribution in [0.5, 0.6) is 17.2 Å². The number of ether oxygens (including phenoxy) is 3. The number of rotatable bonds is 6. The number of carbonyl (C=O) groups excluding carboxylic acids is 2. The smallest absolute Gasteiger partial charge is 0.338 e. The molecule has 8 heteroatoms. The fraction of sp³-hybridized carbons (Fsp3) is 0.211. The molecule has 0 aliphatic carbocycles. The first-order chi connectivity index (χ1) is 12.9. The van der Waals surface area contributed by atoms with E-state index in [1.165, 1.54) is 32.4 Å². The Bertz CT molecular complexity index is 968. The molecule has 0 bridgehead atoms. The van der Waals surface area contributed by atoms with Crippen LogP contribution in [-0.2, 0) is 4.74 Å². The van der Waals surface area contributed by atoms with Crippen LogP contribution >= 0.6 is 0 Å². The number of esters is 1. The molecule has 1 aromatic carbocycles. The van der Waals surface area contributed by atoms with Crippen LogP contribution in [0.1, 0.15) is 39.0 Å². The SMILES string of the molecule is C/C=C/c1occ(C(=O)c2c(OC)cc(OC)cc2C(=O)OC)c(=O)c1O. The van der Waals surface area contributed by atoms with Gasteiger partial charge in [0.05, 0.1) is 32.5 Å². The van der Waals surface area contributed by atoms with Crippen molar-refractivity contribution in [3.63, 3.8) is 0 Å². The van der Waals surface area contributed by atoms with Crippen molar-refractivity contribution >= 4 is 17.8 Å². The van der Waals surface area contributed by atoms with Crippen LogP contribution in [-0.4, -0.2) is 38.2 Å². The van der Waals surface area contributed by atoms with Gasteiger partial charge in [-0.2, -0.15) is 0 Å². The van der Waals surface area contributed by atoms with Crippen molar-refractivity contribution in [3.8, 4) is 17.2 Å². The molecule has 1 aromatic heterocycles. The van der Waals surface area contributed by atoms with Crippen molar-refractivity contribution in [1.29, 1.82) is 0 Å². The average Bonchev–Trinajstić information content (AvgIpc) is 2.69. The lowest BCUT2D eigenvalue weighted by Gasteiger charge is -2.14. The largest absolute Gasteiger partial charge is 0.502 e. The number of allylic oxidation sites excluding steroid dienone is 1. The highest BCUT2D eigenvalue weighted by Crippen LogP contribution is 2.31. The monoisotopic (exact) mass is 374 g/mol. The van der Waals surface area contributed by atoms with Crippen LogP contribution in [0.4, 0.5) is 0 Å². The van der Waals surface area contributed by atoms with Gasteiger partial charge in [0.15, 0.2) is 5.76 Å². The Balaban J connectivity index is 2.74. The maximum absolute atomic E-state index is 13.0. The van der Waals surface area contributed by atoms with Crippen molar-refractivity contribution < 1.29 is 33.3 Å². The molecule has 0 saturated heterocycles. The van der Waals surface area contributed by atoms with Crippen LogP contribution in [0.3, 0.4) is 0 Å².